The number of aliphatic imine (C=N–C) groups is 1. The Morgan fingerprint density at radius 3 is 3.11 bits per heavy atom. The molecule has 5 heteroatoms. The SMILES string of the molecule is Cc1ccc(C[C@H]2SC3=NCCN3C2=O)cc1Cl. The van der Waals surface area contributed by atoms with Crippen molar-refractivity contribution in [3.8, 4) is 0 Å². The van der Waals surface area contributed by atoms with Crippen molar-refractivity contribution >= 4 is 34.4 Å². The number of benzene rings is 1. The summed E-state index contributed by atoms with van der Waals surface area (Å²) in [6, 6.07) is 6.00. The fourth-order valence-electron chi connectivity index (χ4n) is 2.19. The summed E-state index contributed by atoms with van der Waals surface area (Å²) in [5.41, 5.74) is 2.18. The highest BCUT2D eigenvalue weighted by molar-refractivity contribution is 8.15. The van der Waals surface area contributed by atoms with Gasteiger partial charge in [-0.3, -0.25) is 14.7 Å². The smallest absolute Gasteiger partial charge is 0.242 e. The number of hydrogen-bond donors (Lipinski definition) is 0. The zero-order chi connectivity index (χ0) is 12.7. The third-order valence-electron chi connectivity index (χ3n) is 3.25. The normalized spacial score (nSPS) is 22.3. The predicted octanol–water partition coefficient (Wildman–Crippen LogP) is 2.50. The van der Waals surface area contributed by atoms with Crippen molar-refractivity contribution in [1.82, 2.24) is 4.90 Å². The third kappa shape index (κ3) is 2.04. The molecule has 18 heavy (non-hydrogen) atoms. The van der Waals surface area contributed by atoms with Crippen molar-refractivity contribution < 1.29 is 4.79 Å². The standard InChI is InChI=1S/C13H13ClN2OS/c1-8-2-3-9(6-10(8)14)7-11-12(17)16-5-4-15-13(16)18-11/h2-3,6,11H,4-5,7H2,1H3/t11-/m1/s1. The van der Waals surface area contributed by atoms with Crippen LogP contribution in [-0.2, 0) is 11.2 Å². The fraction of sp³-hybridized carbons (Fsp3) is 0.385. The van der Waals surface area contributed by atoms with Gasteiger partial charge in [0.1, 0.15) is 0 Å². The summed E-state index contributed by atoms with van der Waals surface area (Å²) in [5.74, 6) is 0.188. The Morgan fingerprint density at radius 2 is 2.39 bits per heavy atom. The number of amides is 1. The van der Waals surface area contributed by atoms with Gasteiger partial charge in [-0.05, 0) is 30.5 Å². The Labute approximate surface area is 115 Å². The maximum Gasteiger partial charge on any atom is 0.242 e. The van der Waals surface area contributed by atoms with Crippen molar-refractivity contribution in [2.45, 2.75) is 18.6 Å². The Hall–Kier alpha value is -1.00. The number of halogens is 1. The molecule has 2 aliphatic heterocycles. The molecule has 1 fully saturated rings. The van der Waals surface area contributed by atoms with Crippen LogP contribution in [0.3, 0.4) is 0 Å². The van der Waals surface area contributed by atoms with Crippen LogP contribution in [0.5, 0.6) is 0 Å². The van der Waals surface area contributed by atoms with Crippen molar-refractivity contribution in [2.24, 2.45) is 4.99 Å². The molecule has 0 N–H and O–H groups in total. The van der Waals surface area contributed by atoms with E-state index in [1.54, 1.807) is 16.7 Å². The summed E-state index contributed by atoms with van der Waals surface area (Å²) < 4.78 is 0. The minimum Gasteiger partial charge on any atom is -0.289 e. The van der Waals surface area contributed by atoms with Gasteiger partial charge in [0, 0.05) is 11.6 Å². The highest BCUT2D eigenvalue weighted by atomic mass is 35.5. The van der Waals surface area contributed by atoms with E-state index in [1.165, 1.54) is 0 Å². The molecule has 0 radical (unpaired) electrons. The molecule has 2 aliphatic rings. The topological polar surface area (TPSA) is 32.7 Å². The lowest BCUT2D eigenvalue weighted by Gasteiger charge is -2.10. The summed E-state index contributed by atoms with van der Waals surface area (Å²) in [6.45, 7) is 3.47. The number of aryl methyl sites for hydroxylation is 1. The first kappa shape index (κ1) is 12.1. The van der Waals surface area contributed by atoms with E-state index < -0.39 is 0 Å². The molecule has 1 atom stereocenters. The van der Waals surface area contributed by atoms with Crippen LogP contribution in [0, 0.1) is 6.92 Å². The first-order valence-corrected chi connectivity index (χ1v) is 7.18. The molecule has 0 aliphatic carbocycles. The van der Waals surface area contributed by atoms with Crippen LogP contribution < -0.4 is 0 Å². The van der Waals surface area contributed by atoms with Crippen LogP contribution in [0.1, 0.15) is 11.1 Å². The van der Waals surface area contributed by atoms with Gasteiger partial charge in [0.25, 0.3) is 0 Å². The van der Waals surface area contributed by atoms with Crippen LogP contribution in [-0.4, -0.2) is 34.3 Å². The average molecular weight is 281 g/mol. The van der Waals surface area contributed by atoms with Crippen LogP contribution in [0.15, 0.2) is 23.2 Å². The van der Waals surface area contributed by atoms with Crippen LogP contribution in [0.4, 0.5) is 0 Å². The molecule has 3 nitrogen and oxygen atoms in total. The van der Waals surface area contributed by atoms with E-state index in [4.69, 9.17) is 11.6 Å². The van der Waals surface area contributed by atoms with Crippen molar-refractivity contribution in [3.63, 3.8) is 0 Å². The molecule has 94 valence electrons. The van der Waals surface area contributed by atoms with E-state index in [-0.39, 0.29) is 11.2 Å². The van der Waals surface area contributed by atoms with Gasteiger partial charge in [0.15, 0.2) is 5.17 Å². The molecule has 1 saturated heterocycles. The van der Waals surface area contributed by atoms with Gasteiger partial charge in [-0.25, -0.2) is 0 Å². The van der Waals surface area contributed by atoms with Crippen LogP contribution in [0.25, 0.3) is 0 Å². The first-order chi connectivity index (χ1) is 8.65. The van der Waals surface area contributed by atoms with E-state index in [9.17, 15) is 4.79 Å². The molecule has 1 aromatic rings. The van der Waals surface area contributed by atoms with Crippen molar-refractivity contribution in [3.05, 3.63) is 34.3 Å². The number of thioether (sulfide) groups is 1. The number of carbonyl (C=O) groups is 1. The molecular weight excluding hydrogens is 268 g/mol. The highest BCUT2D eigenvalue weighted by Crippen LogP contribution is 2.32. The first-order valence-electron chi connectivity index (χ1n) is 5.92. The van der Waals surface area contributed by atoms with Gasteiger partial charge >= 0.3 is 0 Å². The number of carbonyl (C=O) groups excluding carboxylic acids is 1. The second kappa shape index (κ2) is 4.59. The number of hydrogen-bond acceptors (Lipinski definition) is 3. The molecule has 1 amide bonds. The number of fused-ring (bicyclic) bond motifs is 1. The predicted molar refractivity (Wildman–Crippen MR) is 75.3 cm³/mol. The minimum atomic E-state index is -0.0391. The Balaban J connectivity index is 1.77. The van der Waals surface area contributed by atoms with Gasteiger partial charge in [-0.15, -0.1) is 0 Å². The summed E-state index contributed by atoms with van der Waals surface area (Å²) in [7, 11) is 0. The maximum atomic E-state index is 12.1. The third-order valence-corrected chi connectivity index (χ3v) is 4.87. The Morgan fingerprint density at radius 1 is 1.56 bits per heavy atom. The fourth-order valence-corrected chi connectivity index (χ4v) is 3.63. The zero-order valence-electron chi connectivity index (χ0n) is 10.0. The molecule has 2 heterocycles. The van der Waals surface area contributed by atoms with E-state index in [0.29, 0.717) is 0 Å². The second-order valence-corrected chi connectivity index (χ2v) is 6.13. The zero-order valence-corrected chi connectivity index (χ0v) is 11.6. The quantitative estimate of drug-likeness (QED) is 0.834. The highest BCUT2D eigenvalue weighted by Gasteiger charge is 2.39. The minimum absolute atomic E-state index is 0.0391. The number of rotatable bonds is 2. The van der Waals surface area contributed by atoms with E-state index in [0.717, 1.165) is 40.8 Å². The summed E-state index contributed by atoms with van der Waals surface area (Å²) in [5, 5.41) is 1.62. The van der Waals surface area contributed by atoms with E-state index in [2.05, 4.69) is 4.99 Å². The lowest BCUT2D eigenvalue weighted by molar-refractivity contribution is -0.125. The molecule has 0 spiro atoms. The van der Waals surface area contributed by atoms with Gasteiger partial charge in [-0.1, -0.05) is 35.5 Å². The van der Waals surface area contributed by atoms with Gasteiger partial charge < -0.3 is 0 Å². The molecule has 0 saturated carbocycles. The Kier molecular flexibility index (Phi) is 3.08. The summed E-state index contributed by atoms with van der Waals surface area (Å²) in [4.78, 5) is 18.3. The second-order valence-electron chi connectivity index (χ2n) is 4.55. The van der Waals surface area contributed by atoms with Crippen molar-refractivity contribution in [2.75, 3.05) is 13.1 Å². The van der Waals surface area contributed by atoms with Crippen molar-refractivity contribution in [1.29, 1.82) is 0 Å². The summed E-state index contributed by atoms with van der Waals surface area (Å²) in [6.07, 6.45) is 0.721. The lowest BCUT2D eigenvalue weighted by atomic mass is 10.1. The van der Waals surface area contributed by atoms with Crippen LogP contribution in [0.2, 0.25) is 5.02 Å². The Bertz CT molecular complexity index is 544. The number of nitrogens with zero attached hydrogens (tertiary/aromatic N) is 2. The summed E-state index contributed by atoms with van der Waals surface area (Å²) >= 11 is 7.68. The molecular formula is C13H13ClN2OS. The average Bonchev–Trinajstić information content (AvgIpc) is 2.89. The lowest BCUT2D eigenvalue weighted by Crippen LogP contribution is -2.31. The molecule has 1 aromatic carbocycles. The maximum absolute atomic E-state index is 12.1. The molecule has 0 unspecified atom stereocenters. The van der Waals surface area contributed by atoms with E-state index in [1.807, 2.05) is 25.1 Å². The van der Waals surface area contributed by atoms with Gasteiger partial charge in [-0.2, -0.15) is 0 Å². The van der Waals surface area contributed by atoms with Gasteiger partial charge in [0.05, 0.1) is 11.8 Å². The monoisotopic (exact) mass is 280 g/mol. The molecule has 3 rings (SSSR count). The van der Waals surface area contributed by atoms with Crippen LogP contribution >= 0.6 is 23.4 Å². The largest absolute Gasteiger partial charge is 0.289 e. The van der Waals surface area contributed by atoms with E-state index >= 15 is 0 Å². The van der Waals surface area contributed by atoms with Gasteiger partial charge in [0.2, 0.25) is 5.91 Å². The number of amidine groups is 1. The molecule has 0 aromatic heterocycles. The molecule has 0 bridgehead atoms.